The van der Waals surface area contributed by atoms with Gasteiger partial charge in [0.1, 0.15) is 0 Å². The minimum absolute atomic E-state index is 1.73. The third kappa shape index (κ3) is 8.96. The third-order valence-electron chi connectivity index (χ3n) is 0. The second-order valence-electron chi connectivity index (χ2n) is 0. The van der Waals surface area contributed by atoms with Gasteiger partial charge in [0.15, 0.2) is 0 Å². The summed E-state index contributed by atoms with van der Waals surface area (Å²) in [5, 5.41) is 0. The van der Waals surface area contributed by atoms with Crippen molar-refractivity contribution in [3.05, 3.63) is 0 Å². The van der Waals surface area contributed by atoms with Gasteiger partial charge in [-0.15, -0.1) is 23.3 Å². The van der Waals surface area contributed by atoms with Crippen molar-refractivity contribution in [3.63, 3.8) is 0 Å². The first kappa shape index (κ1) is 9.41. The Morgan fingerprint density at radius 2 is 1.25 bits per heavy atom. The molecule has 0 aliphatic rings. The maximum absolute atomic E-state index is 3.22. The van der Waals surface area contributed by atoms with Gasteiger partial charge in [0.2, 0.25) is 0 Å². The molecule has 0 radical (unpaired) electrons. The van der Waals surface area contributed by atoms with E-state index in [0.717, 1.165) is 0 Å². The van der Waals surface area contributed by atoms with Crippen LogP contribution >= 0.6 is 23.3 Å². The van der Waals surface area contributed by atoms with Crippen LogP contribution in [0.5, 0.6) is 0 Å². The first-order valence-corrected chi connectivity index (χ1v) is 9.27. The molecule has 0 aromatic carbocycles. The molecule has 0 aliphatic heterocycles. The van der Waals surface area contributed by atoms with Crippen molar-refractivity contribution < 1.29 is 33.2 Å². The van der Waals surface area contributed by atoms with Gasteiger partial charge in [-0.2, -0.15) is 0 Å². The molecule has 0 unspecified atom stereocenters. The summed E-state index contributed by atoms with van der Waals surface area (Å²) in [6, 6.07) is 0. The van der Waals surface area contributed by atoms with Gasteiger partial charge >= 0.3 is 33.2 Å². The zero-order chi connectivity index (χ0) is 4.00. The van der Waals surface area contributed by atoms with E-state index in [1.807, 2.05) is 17.0 Å². The van der Waals surface area contributed by atoms with E-state index in [2.05, 4.69) is 23.3 Å². The first-order chi connectivity index (χ1) is 2.00. The van der Waals surface area contributed by atoms with Crippen LogP contribution in [0, 0.1) is 0 Å². The van der Waals surface area contributed by atoms with Crippen LogP contribution in [-0.2, 0) is 33.2 Å². The Balaban J connectivity index is 0. The first-order valence-electron chi connectivity index (χ1n) is 0.354. The van der Waals surface area contributed by atoms with Crippen LogP contribution in [0.15, 0.2) is 0 Å². The van der Waals surface area contributed by atoms with Gasteiger partial charge < -0.3 is 0 Å². The van der Waals surface area contributed by atoms with Crippen molar-refractivity contribution >= 4 is 23.3 Å². The van der Waals surface area contributed by atoms with E-state index < -0.39 is 0 Å². The van der Waals surface area contributed by atoms with Crippen molar-refractivity contribution in [3.8, 4) is 0 Å². The van der Waals surface area contributed by atoms with E-state index in [1.54, 1.807) is 16.3 Å². The maximum atomic E-state index is 3.22. The molecule has 0 N–H and O–H groups in total. The van der Waals surface area contributed by atoms with Crippen LogP contribution in [0.25, 0.3) is 0 Å². The molecule has 0 aliphatic carbocycles. The van der Waals surface area contributed by atoms with Crippen molar-refractivity contribution in [1.82, 2.24) is 0 Å². The summed E-state index contributed by atoms with van der Waals surface area (Å²) in [4.78, 5) is 0. The van der Waals surface area contributed by atoms with Crippen LogP contribution in [0.4, 0.5) is 0 Å². The van der Waals surface area contributed by atoms with E-state index in [1.165, 1.54) is 0 Å². The average Bonchev–Trinajstić information content (AvgIpc) is 1.50. The predicted molar refractivity (Wildman–Crippen MR) is 18.0 cm³/mol. The monoisotopic (exact) mass is 351 g/mol. The van der Waals surface area contributed by atoms with Crippen LogP contribution < -0.4 is 0 Å². The zero-order valence-electron chi connectivity index (χ0n) is 1.68. The molecule has 0 nitrogen and oxygen atoms in total. The molecule has 4 heavy (non-hydrogen) atoms. The second kappa shape index (κ2) is 19.7. The van der Waals surface area contributed by atoms with Gasteiger partial charge in [-0.25, -0.2) is 0 Å². The Bertz CT molecular complexity index is 6.00. The predicted octanol–water partition coefficient (Wildman–Crippen LogP) is 0.756. The Morgan fingerprint density at radius 1 is 1.25 bits per heavy atom. The number of hydrogen-bond acceptors (Lipinski definition) is 2. The molecular weight excluding hydrogens is 346 g/mol. The molecule has 27 valence electrons. The van der Waals surface area contributed by atoms with Gasteiger partial charge in [-0.1, -0.05) is 0 Å². The number of rotatable bonds is 0. The summed E-state index contributed by atoms with van der Waals surface area (Å²) in [5.41, 5.74) is 0. The van der Waals surface area contributed by atoms with Crippen molar-refractivity contribution in [2.24, 2.45) is 0 Å². The zero-order valence-corrected chi connectivity index (χ0v) is 8.19. The molecule has 0 amide bonds. The SMILES string of the molecule is SS.[Mo][Re]. The molecule has 0 aromatic heterocycles. The van der Waals surface area contributed by atoms with Gasteiger partial charge in [-0.3, -0.25) is 0 Å². The van der Waals surface area contributed by atoms with Crippen molar-refractivity contribution in [1.29, 1.82) is 0 Å². The molecule has 0 fully saturated rings. The molecule has 0 saturated heterocycles. The quantitative estimate of drug-likeness (QED) is 0.360. The standard InChI is InChI=1S/Mo.Re.H2S2/c;;1-2/h;;1-2H. The van der Waals surface area contributed by atoms with E-state index in [4.69, 9.17) is 0 Å². The molecule has 0 rings (SSSR count). The fourth-order valence-electron chi connectivity index (χ4n) is 0. The van der Waals surface area contributed by atoms with E-state index >= 15 is 0 Å². The van der Waals surface area contributed by atoms with Crippen LogP contribution in [0.1, 0.15) is 0 Å². The van der Waals surface area contributed by atoms with E-state index in [9.17, 15) is 0 Å². The summed E-state index contributed by atoms with van der Waals surface area (Å²) >= 11 is 10.2. The number of hydrogen-bond donors (Lipinski definition) is 2. The Kier molecular flexibility index (Phi) is 46.3. The molecular formula is H2MoReS2. The van der Waals surface area contributed by atoms with Gasteiger partial charge in [0.05, 0.1) is 0 Å². The summed E-state index contributed by atoms with van der Waals surface area (Å²) in [6.07, 6.45) is 0. The molecule has 0 saturated carbocycles. The molecule has 0 atom stereocenters. The molecule has 0 aromatic rings. The summed E-state index contributed by atoms with van der Waals surface area (Å²) < 4.78 is 0. The topological polar surface area (TPSA) is 0 Å². The van der Waals surface area contributed by atoms with Gasteiger partial charge in [0, 0.05) is 0 Å². The van der Waals surface area contributed by atoms with Crippen molar-refractivity contribution in [2.75, 3.05) is 0 Å². The second-order valence-corrected chi connectivity index (χ2v) is 0. The molecule has 0 heterocycles. The normalized spacial score (nSPS) is 2.75. The van der Waals surface area contributed by atoms with Crippen molar-refractivity contribution in [2.45, 2.75) is 0 Å². The van der Waals surface area contributed by atoms with Crippen LogP contribution in [0.3, 0.4) is 0 Å². The van der Waals surface area contributed by atoms with E-state index in [-0.39, 0.29) is 0 Å². The fourth-order valence-corrected chi connectivity index (χ4v) is 0. The molecule has 0 spiro atoms. The average molecular weight is 348 g/mol. The summed E-state index contributed by atoms with van der Waals surface area (Å²) in [6.45, 7) is 0. The van der Waals surface area contributed by atoms with Gasteiger partial charge in [-0.05, 0) is 0 Å². The molecule has 0 bridgehead atoms. The number of thiol groups is 2. The summed E-state index contributed by atoms with van der Waals surface area (Å²) in [5.74, 6) is 0. The minimum atomic E-state index is 1.73. The Hall–Kier alpha value is 2.05. The molecule has 4 heteroatoms. The fraction of sp³-hybridized carbons (Fsp3) is 0. The Morgan fingerprint density at radius 3 is 1.25 bits per heavy atom. The van der Waals surface area contributed by atoms with Crippen LogP contribution in [-0.4, -0.2) is 0 Å². The Labute approximate surface area is 56.0 Å². The third-order valence-corrected chi connectivity index (χ3v) is 0. The van der Waals surface area contributed by atoms with Crippen LogP contribution in [0.2, 0.25) is 0 Å². The summed E-state index contributed by atoms with van der Waals surface area (Å²) in [7, 11) is 0. The van der Waals surface area contributed by atoms with E-state index in [0.29, 0.717) is 0 Å². The van der Waals surface area contributed by atoms with Gasteiger partial charge in [0.25, 0.3) is 0 Å².